The number of rotatable bonds is 4. The molecule has 0 aromatic rings. The highest BCUT2D eigenvalue weighted by atomic mass is 16.6. The summed E-state index contributed by atoms with van der Waals surface area (Å²) in [6.07, 6.45) is 4.23. The van der Waals surface area contributed by atoms with Crippen molar-refractivity contribution in [2.45, 2.75) is 44.6 Å². The maximum absolute atomic E-state index is 12.3. The number of hydrogen-bond donors (Lipinski definition) is 2. The molecule has 2 N–H and O–H groups in total. The van der Waals surface area contributed by atoms with Gasteiger partial charge in [0, 0.05) is 0 Å². The van der Waals surface area contributed by atoms with E-state index in [4.69, 9.17) is 4.84 Å². The van der Waals surface area contributed by atoms with Gasteiger partial charge >= 0.3 is 6.03 Å². The number of nitrogens with zero attached hydrogens (tertiary/aromatic N) is 1. The lowest BCUT2D eigenvalue weighted by Crippen LogP contribution is -2.49. The number of urea groups is 1. The monoisotopic (exact) mass is 269 g/mol. The molecule has 4 amide bonds. The molecule has 2 fully saturated rings. The van der Waals surface area contributed by atoms with Gasteiger partial charge in [0.05, 0.1) is 6.61 Å². The number of hydroxylamine groups is 1. The standard InChI is InChI=1S/C12H19N3O4/c1-2-19-14-9(16)8-15-10(17)12(13-11(15)18)6-4-3-5-7-12/h2-8H2,1H3,(H,13,18)(H,14,16). The average Bonchev–Trinajstić information content (AvgIpc) is 2.62. The molecule has 7 heteroatoms. The zero-order valence-corrected chi connectivity index (χ0v) is 11.0. The molecule has 2 aliphatic rings. The van der Waals surface area contributed by atoms with Gasteiger partial charge in [0.15, 0.2) is 0 Å². The number of nitrogens with one attached hydrogen (secondary N) is 2. The van der Waals surface area contributed by atoms with Crippen molar-refractivity contribution in [3.05, 3.63) is 0 Å². The largest absolute Gasteiger partial charge is 0.325 e. The number of carbonyl (C=O) groups excluding carboxylic acids is 3. The molecule has 0 aromatic heterocycles. The third-order valence-electron chi connectivity index (χ3n) is 3.59. The first-order valence-corrected chi connectivity index (χ1v) is 6.64. The predicted octanol–water partition coefficient (Wildman–Crippen LogP) is 0.309. The summed E-state index contributed by atoms with van der Waals surface area (Å²) in [5.41, 5.74) is 1.40. The Balaban J connectivity index is 2.00. The molecule has 7 nitrogen and oxygen atoms in total. The van der Waals surface area contributed by atoms with E-state index in [2.05, 4.69) is 10.8 Å². The fourth-order valence-corrected chi connectivity index (χ4v) is 2.64. The Morgan fingerprint density at radius 3 is 2.68 bits per heavy atom. The van der Waals surface area contributed by atoms with Gasteiger partial charge in [0.25, 0.3) is 11.8 Å². The molecule has 1 spiro atoms. The fraction of sp³-hybridized carbons (Fsp3) is 0.750. The van der Waals surface area contributed by atoms with Crippen LogP contribution in [0.1, 0.15) is 39.0 Å². The highest BCUT2D eigenvalue weighted by Crippen LogP contribution is 2.33. The van der Waals surface area contributed by atoms with Gasteiger partial charge in [-0.1, -0.05) is 19.3 Å². The van der Waals surface area contributed by atoms with Crippen LogP contribution in [0.2, 0.25) is 0 Å². The summed E-state index contributed by atoms with van der Waals surface area (Å²) < 4.78 is 0. The Labute approximate surface area is 111 Å². The van der Waals surface area contributed by atoms with Crippen molar-refractivity contribution in [2.75, 3.05) is 13.2 Å². The van der Waals surface area contributed by atoms with Crippen LogP contribution in [0.5, 0.6) is 0 Å². The molecule has 1 aliphatic heterocycles. The third-order valence-corrected chi connectivity index (χ3v) is 3.59. The molecule has 1 aliphatic carbocycles. The summed E-state index contributed by atoms with van der Waals surface area (Å²) >= 11 is 0. The second-order valence-electron chi connectivity index (χ2n) is 4.92. The van der Waals surface area contributed by atoms with Gasteiger partial charge in [-0.05, 0) is 19.8 Å². The summed E-state index contributed by atoms with van der Waals surface area (Å²) in [5.74, 6) is -0.790. The van der Waals surface area contributed by atoms with E-state index < -0.39 is 17.5 Å². The normalized spacial score (nSPS) is 21.6. The van der Waals surface area contributed by atoms with Crippen LogP contribution >= 0.6 is 0 Å². The molecular weight excluding hydrogens is 250 g/mol. The Kier molecular flexibility index (Phi) is 4.04. The zero-order chi connectivity index (χ0) is 13.9. The van der Waals surface area contributed by atoms with Crippen molar-refractivity contribution in [1.29, 1.82) is 0 Å². The molecule has 1 heterocycles. The first-order chi connectivity index (χ1) is 9.09. The minimum Gasteiger partial charge on any atom is -0.323 e. The van der Waals surface area contributed by atoms with E-state index in [9.17, 15) is 14.4 Å². The molecule has 0 aromatic carbocycles. The molecule has 0 atom stereocenters. The van der Waals surface area contributed by atoms with Crippen LogP contribution in [0.25, 0.3) is 0 Å². The maximum Gasteiger partial charge on any atom is 0.325 e. The van der Waals surface area contributed by atoms with Crippen LogP contribution in [-0.2, 0) is 14.4 Å². The van der Waals surface area contributed by atoms with Crippen LogP contribution in [0, 0.1) is 0 Å². The average molecular weight is 269 g/mol. The molecular formula is C12H19N3O4. The van der Waals surface area contributed by atoms with Gasteiger partial charge in [0.1, 0.15) is 12.1 Å². The molecule has 106 valence electrons. The van der Waals surface area contributed by atoms with E-state index in [-0.39, 0.29) is 12.5 Å². The molecule has 0 unspecified atom stereocenters. The van der Waals surface area contributed by atoms with Crippen LogP contribution in [0.4, 0.5) is 4.79 Å². The second kappa shape index (κ2) is 5.56. The number of amides is 4. The van der Waals surface area contributed by atoms with Gasteiger partial charge < -0.3 is 5.32 Å². The Morgan fingerprint density at radius 2 is 2.05 bits per heavy atom. The second-order valence-corrected chi connectivity index (χ2v) is 4.92. The van der Waals surface area contributed by atoms with E-state index in [1.807, 2.05) is 0 Å². The van der Waals surface area contributed by atoms with Gasteiger partial charge in [-0.25, -0.2) is 10.3 Å². The van der Waals surface area contributed by atoms with E-state index in [0.717, 1.165) is 24.2 Å². The highest BCUT2D eigenvalue weighted by molar-refractivity contribution is 6.09. The van der Waals surface area contributed by atoms with E-state index >= 15 is 0 Å². The lowest BCUT2D eigenvalue weighted by molar-refractivity contribution is -0.140. The fourth-order valence-electron chi connectivity index (χ4n) is 2.64. The van der Waals surface area contributed by atoms with Crippen molar-refractivity contribution in [3.8, 4) is 0 Å². The molecule has 19 heavy (non-hydrogen) atoms. The molecule has 1 saturated heterocycles. The van der Waals surface area contributed by atoms with Crippen molar-refractivity contribution in [3.63, 3.8) is 0 Å². The number of carbonyl (C=O) groups is 3. The van der Waals surface area contributed by atoms with E-state index in [0.29, 0.717) is 19.4 Å². The first-order valence-electron chi connectivity index (χ1n) is 6.64. The van der Waals surface area contributed by atoms with Crippen LogP contribution in [0.3, 0.4) is 0 Å². The maximum atomic E-state index is 12.3. The van der Waals surface area contributed by atoms with Crippen molar-refractivity contribution < 1.29 is 19.2 Å². The third kappa shape index (κ3) is 2.70. The smallest absolute Gasteiger partial charge is 0.323 e. The molecule has 2 rings (SSSR count). The van der Waals surface area contributed by atoms with Crippen LogP contribution in [0.15, 0.2) is 0 Å². The zero-order valence-electron chi connectivity index (χ0n) is 11.0. The van der Waals surface area contributed by atoms with Crippen LogP contribution in [-0.4, -0.2) is 41.4 Å². The summed E-state index contributed by atoms with van der Waals surface area (Å²) in [6, 6.07) is -0.487. The van der Waals surface area contributed by atoms with Crippen molar-refractivity contribution >= 4 is 17.8 Å². The Hall–Kier alpha value is -1.63. The first kappa shape index (κ1) is 13.8. The highest BCUT2D eigenvalue weighted by Gasteiger charge is 2.51. The summed E-state index contributed by atoms with van der Waals surface area (Å²) in [5, 5.41) is 2.75. The quantitative estimate of drug-likeness (QED) is 0.568. The SMILES string of the molecule is CCONC(=O)CN1C(=O)NC2(CCCCC2)C1=O. The van der Waals surface area contributed by atoms with Gasteiger partial charge in [0.2, 0.25) is 0 Å². The number of imide groups is 1. The van der Waals surface area contributed by atoms with Crippen molar-refractivity contribution in [1.82, 2.24) is 15.7 Å². The predicted molar refractivity (Wildman–Crippen MR) is 65.8 cm³/mol. The minimum absolute atomic E-state index is 0.288. The Morgan fingerprint density at radius 1 is 1.37 bits per heavy atom. The topological polar surface area (TPSA) is 87.7 Å². The van der Waals surface area contributed by atoms with E-state index in [1.165, 1.54) is 0 Å². The lowest BCUT2D eigenvalue weighted by Gasteiger charge is -2.30. The Bertz CT molecular complexity index is 390. The summed E-state index contributed by atoms with van der Waals surface area (Å²) in [7, 11) is 0. The number of hydrogen-bond acceptors (Lipinski definition) is 4. The summed E-state index contributed by atoms with van der Waals surface area (Å²) in [6.45, 7) is 1.76. The van der Waals surface area contributed by atoms with Gasteiger partial charge in [-0.2, -0.15) is 0 Å². The minimum atomic E-state index is -0.777. The molecule has 1 saturated carbocycles. The van der Waals surface area contributed by atoms with Gasteiger partial charge in [-0.3, -0.25) is 19.3 Å². The molecule has 0 bridgehead atoms. The molecule has 0 radical (unpaired) electrons. The van der Waals surface area contributed by atoms with Crippen molar-refractivity contribution in [2.24, 2.45) is 0 Å². The lowest BCUT2D eigenvalue weighted by atomic mass is 9.82. The van der Waals surface area contributed by atoms with E-state index in [1.54, 1.807) is 6.92 Å². The van der Waals surface area contributed by atoms with Gasteiger partial charge in [-0.15, -0.1) is 0 Å². The summed E-state index contributed by atoms with van der Waals surface area (Å²) in [4.78, 5) is 41.4. The van der Waals surface area contributed by atoms with Crippen LogP contribution < -0.4 is 10.8 Å².